The van der Waals surface area contributed by atoms with E-state index in [1.807, 2.05) is 13.0 Å². The Morgan fingerprint density at radius 2 is 2.05 bits per heavy atom. The molecule has 3 aliphatic rings. The lowest BCUT2D eigenvalue weighted by Gasteiger charge is -2.21. The molecule has 3 fully saturated rings. The Morgan fingerprint density at radius 3 is 2.89 bits per heavy atom. The first-order chi connectivity index (χ1) is 18.1. The van der Waals surface area contributed by atoms with Gasteiger partial charge >= 0.3 is 0 Å². The van der Waals surface area contributed by atoms with E-state index in [2.05, 4.69) is 20.6 Å². The Hall–Kier alpha value is -2.86. The Balaban J connectivity index is 1.35. The highest BCUT2D eigenvalue weighted by Crippen LogP contribution is 2.41. The van der Waals surface area contributed by atoms with E-state index in [-0.39, 0.29) is 29.0 Å². The van der Waals surface area contributed by atoms with Crippen LogP contribution < -0.4 is 20.1 Å². The van der Waals surface area contributed by atoms with Crippen molar-refractivity contribution in [3.8, 4) is 11.5 Å². The molecule has 9 nitrogen and oxygen atoms in total. The van der Waals surface area contributed by atoms with E-state index in [4.69, 9.17) is 23.3 Å². The van der Waals surface area contributed by atoms with Crippen LogP contribution in [0.1, 0.15) is 12.0 Å². The van der Waals surface area contributed by atoms with E-state index < -0.39 is 5.82 Å². The Morgan fingerprint density at radius 1 is 1.19 bits per heavy atom. The minimum Gasteiger partial charge on any atom is -0.494 e. The van der Waals surface area contributed by atoms with Gasteiger partial charge < -0.3 is 29.6 Å². The summed E-state index contributed by atoms with van der Waals surface area (Å²) in [7, 11) is 1.60. The number of hydrogen-bond acceptors (Lipinski definition) is 9. The molecule has 0 amide bonds. The van der Waals surface area contributed by atoms with Crippen molar-refractivity contribution < 1.29 is 23.3 Å². The van der Waals surface area contributed by atoms with Crippen LogP contribution in [0.4, 0.5) is 21.6 Å². The zero-order valence-corrected chi connectivity index (χ0v) is 21.6. The number of nitrogens with zero attached hydrogens (tertiary/aromatic N) is 3. The number of anilines is 2. The highest BCUT2D eigenvalue weighted by molar-refractivity contribution is 7.87. The summed E-state index contributed by atoms with van der Waals surface area (Å²) in [5.41, 5.74) is 3.03. The van der Waals surface area contributed by atoms with Gasteiger partial charge in [-0.3, -0.25) is 0 Å². The first kappa shape index (κ1) is 24.5. The minimum absolute atomic E-state index is 0.0287. The van der Waals surface area contributed by atoms with Crippen LogP contribution in [0.15, 0.2) is 35.0 Å². The SMILES string of the molecule is COc1c(N=S2CCNCC2)cc2ncnc(Nc3ccc(F)cc3OC3CO[C@@H]4CCO[C@H]34)c2c1C. The van der Waals surface area contributed by atoms with Crippen LogP contribution in [0.5, 0.6) is 11.5 Å². The summed E-state index contributed by atoms with van der Waals surface area (Å²) in [5.74, 6) is 3.30. The summed E-state index contributed by atoms with van der Waals surface area (Å²) in [6.45, 7) is 4.97. The average molecular weight is 528 g/mol. The summed E-state index contributed by atoms with van der Waals surface area (Å²) in [4.78, 5) is 9.05. The van der Waals surface area contributed by atoms with Crippen molar-refractivity contribution in [1.82, 2.24) is 15.3 Å². The minimum atomic E-state index is -0.390. The first-order valence-electron chi connectivity index (χ1n) is 12.5. The molecule has 196 valence electrons. The number of benzene rings is 2. The number of rotatable bonds is 6. The molecule has 0 aliphatic carbocycles. The molecule has 6 rings (SSSR count). The Labute approximate surface area is 217 Å². The van der Waals surface area contributed by atoms with Gasteiger partial charge in [0.2, 0.25) is 0 Å². The van der Waals surface area contributed by atoms with Gasteiger partial charge in [0.05, 0.1) is 31.0 Å². The third-order valence-electron chi connectivity index (χ3n) is 6.95. The zero-order chi connectivity index (χ0) is 25.4. The predicted octanol–water partition coefficient (Wildman–Crippen LogP) is 3.80. The molecule has 0 saturated carbocycles. The fraction of sp³-hybridized carbons (Fsp3) is 0.462. The van der Waals surface area contributed by atoms with Crippen LogP contribution in [-0.2, 0) is 20.2 Å². The number of ether oxygens (including phenoxy) is 4. The van der Waals surface area contributed by atoms with Gasteiger partial charge in [-0.15, -0.1) is 0 Å². The van der Waals surface area contributed by atoms with E-state index in [0.717, 1.165) is 53.2 Å². The van der Waals surface area contributed by atoms with Gasteiger partial charge in [-0.2, -0.15) is 0 Å². The predicted molar refractivity (Wildman–Crippen MR) is 141 cm³/mol. The van der Waals surface area contributed by atoms with E-state index in [1.165, 1.54) is 18.5 Å². The summed E-state index contributed by atoms with van der Waals surface area (Å²) >= 11 is 0. The number of methoxy groups -OCH3 is 1. The molecule has 3 aliphatic heterocycles. The molecule has 2 aromatic carbocycles. The maximum Gasteiger partial charge on any atom is 0.151 e. The van der Waals surface area contributed by atoms with Crippen molar-refractivity contribution in [3.63, 3.8) is 0 Å². The van der Waals surface area contributed by atoms with E-state index in [9.17, 15) is 4.39 Å². The topological polar surface area (TPSA) is 99.1 Å². The van der Waals surface area contributed by atoms with Gasteiger partial charge in [0.1, 0.15) is 41.3 Å². The molecule has 0 bridgehead atoms. The molecule has 0 radical (unpaired) electrons. The number of nitrogens with one attached hydrogen (secondary N) is 2. The van der Waals surface area contributed by atoms with Gasteiger partial charge in [0.15, 0.2) is 6.10 Å². The van der Waals surface area contributed by atoms with Gasteiger partial charge in [-0.05, 0) is 31.5 Å². The standard InChI is InChI=1S/C26H30FN5O4S/c1-15-23-18(12-19(24(15)33-2)32-37-9-6-28-7-10-37)29-14-30-26(23)31-17-4-3-16(27)11-21(17)36-22-13-35-20-5-8-34-25(20)22/h3-4,11-12,14,20,22,25,28H,5-10,13H2,1-2H3,(H,29,30,31)/t20-,22?,25+/m1/s1. The molecule has 4 heterocycles. The van der Waals surface area contributed by atoms with E-state index in [0.29, 0.717) is 36.2 Å². The second-order valence-corrected chi connectivity index (χ2v) is 11.2. The van der Waals surface area contributed by atoms with Gasteiger partial charge in [-0.25, -0.2) is 18.7 Å². The van der Waals surface area contributed by atoms with Crippen molar-refractivity contribution in [2.24, 2.45) is 4.36 Å². The van der Waals surface area contributed by atoms with Gasteiger partial charge in [-0.1, -0.05) is 10.7 Å². The third kappa shape index (κ3) is 4.88. The summed E-state index contributed by atoms with van der Waals surface area (Å²) in [5, 5.41) is 7.54. The maximum atomic E-state index is 14.3. The van der Waals surface area contributed by atoms with Crippen molar-refractivity contribution in [1.29, 1.82) is 0 Å². The highest BCUT2D eigenvalue weighted by atomic mass is 32.2. The monoisotopic (exact) mass is 527 g/mol. The van der Waals surface area contributed by atoms with Gasteiger partial charge in [0.25, 0.3) is 0 Å². The van der Waals surface area contributed by atoms with Crippen molar-refractivity contribution >= 4 is 38.8 Å². The average Bonchev–Trinajstić information content (AvgIpc) is 3.52. The molecular formula is C26H30FN5O4S. The highest BCUT2D eigenvalue weighted by Gasteiger charge is 2.43. The maximum absolute atomic E-state index is 14.3. The summed E-state index contributed by atoms with van der Waals surface area (Å²) < 4.78 is 42.9. The van der Waals surface area contributed by atoms with E-state index >= 15 is 0 Å². The normalized spacial score (nSPS) is 23.7. The second-order valence-electron chi connectivity index (χ2n) is 9.30. The van der Waals surface area contributed by atoms with Crippen LogP contribution in [0.25, 0.3) is 10.9 Å². The third-order valence-corrected chi connectivity index (χ3v) is 8.76. The molecular weight excluding hydrogens is 497 g/mol. The smallest absolute Gasteiger partial charge is 0.151 e. The summed E-state index contributed by atoms with van der Waals surface area (Å²) in [6, 6.07) is 6.37. The number of hydrogen-bond donors (Lipinski definition) is 2. The molecule has 0 spiro atoms. The number of aryl methyl sites for hydroxylation is 1. The van der Waals surface area contributed by atoms with Crippen LogP contribution in [0.2, 0.25) is 0 Å². The fourth-order valence-electron chi connectivity index (χ4n) is 5.16. The van der Waals surface area contributed by atoms with E-state index in [1.54, 1.807) is 13.2 Å². The van der Waals surface area contributed by atoms with Crippen LogP contribution >= 0.6 is 0 Å². The molecule has 11 heteroatoms. The zero-order valence-electron chi connectivity index (χ0n) is 20.8. The van der Waals surface area contributed by atoms with Crippen molar-refractivity contribution in [3.05, 3.63) is 42.0 Å². The second kappa shape index (κ2) is 10.5. The molecule has 1 unspecified atom stereocenters. The largest absolute Gasteiger partial charge is 0.494 e. The molecule has 1 aromatic heterocycles. The lowest BCUT2D eigenvalue weighted by molar-refractivity contribution is 0.0310. The van der Waals surface area contributed by atoms with Crippen LogP contribution in [-0.4, -0.2) is 73.2 Å². The lowest BCUT2D eigenvalue weighted by atomic mass is 10.1. The number of aromatic nitrogens is 2. The Bertz CT molecular complexity index is 1350. The lowest BCUT2D eigenvalue weighted by Crippen LogP contribution is -2.32. The molecule has 2 N–H and O–H groups in total. The van der Waals surface area contributed by atoms with Crippen molar-refractivity contribution in [2.75, 3.05) is 50.2 Å². The number of fused-ring (bicyclic) bond motifs is 2. The Kier molecular flexibility index (Phi) is 6.94. The van der Waals surface area contributed by atoms with Crippen LogP contribution in [0, 0.1) is 12.7 Å². The van der Waals surface area contributed by atoms with Gasteiger partial charge in [0, 0.05) is 48.2 Å². The molecule has 3 atom stereocenters. The fourth-order valence-corrected chi connectivity index (χ4v) is 6.72. The molecule has 37 heavy (non-hydrogen) atoms. The van der Waals surface area contributed by atoms with Crippen LogP contribution in [0.3, 0.4) is 0 Å². The quantitative estimate of drug-likeness (QED) is 0.500. The summed E-state index contributed by atoms with van der Waals surface area (Å²) in [6.07, 6.45) is 1.93. The first-order valence-corrected chi connectivity index (χ1v) is 14.0. The molecule has 3 aromatic rings. The number of halogens is 1. The molecule has 3 saturated heterocycles. The van der Waals surface area contributed by atoms with Crippen molar-refractivity contribution in [2.45, 2.75) is 31.7 Å².